The third kappa shape index (κ3) is 4.15. The normalized spacial score (nSPS) is 10.3. The molecule has 2 aromatic carbocycles. The maximum absolute atomic E-state index is 10.5. The molecule has 0 radical (unpaired) electrons. The Morgan fingerprint density at radius 2 is 0.769 bits per heavy atom. The van der Waals surface area contributed by atoms with Crippen molar-refractivity contribution in [2.24, 2.45) is 0 Å². The highest BCUT2D eigenvalue weighted by Crippen LogP contribution is 2.35. The first-order valence-corrected chi connectivity index (χ1v) is 8.69. The number of aromatic hydroxyl groups is 2. The Bertz CT molecular complexity index is 710. The number of phenolic OH excluding ortho intramolecular Hbond substituents is 2. The first-order chi connectivity index (χ1) is 12.5. The number of hydrogen-bond acceptors (Lipinski definition) is 2. The summed E-state index contributed by atoms with van der Waals surface area (Å²) in [6.07, 6.45) is 9.45. The largest absolute Gasteiger partial charge is 0.507 e. The molecule has 0 heterocycles. The zero-order chi connectivity index (χ0) is 19.1. The van der Waals surface area contributed by atoms with Crippen LogP contribution in [0.25, 0.3) is 11.1 Å². The second-order valence-corrected chi connectivity index (χ2v) is 6.26. The van der Waals surface area contributed by atoms with E-state index >= 15 is 0 Å². The predicted octanol–water partition coefficient (Wildman–Crippen LogP) is 5.68. The molecule has 0 aliphatic heterocycles. The van der Waals surface area contributed by atoms with Crippen LogP contribution in [-0.4, -0.2) is 10.2 Å². The van der Waals surface area contributed by atoms with Crippen molar-refractivity contribution in [3.05, 3.63) is 97.1 Å². The van der Waals surface area contributed by atoms with Gasteiger partial charge in [-0.3, -0.25) is 0 Å². The van der Waals surface area contributed by atoms with Crippen LogP contribution in [0.5, 0.6) is 11.5 Å². The third-order valence-corrected chi connectivity index (χ3v) is 4.33. The van der Waals surface area contributed by atoms with Gasteiger partial charge in [-0.1, -0.05) is 24.3 Å². The van der Waals surface area contributed by atoms with Gasteiger partial charge in [-0.25, -0.2) is 0 Å². The fourth-order valence-electron chi connectivity index (χ4n) is 3.10. The molecule has 0 saturated carbocycles. The summed E-state index contributed by atoms with van der Waals surface area (Å²) in [4.78, 5) is 0. The summed E-state index contributed by atoms with van der Waals surface area (Å²) in [5.74, 6) is 0.593. The first kappa shape index (κ1) is 19.3. The van der Waals surface area contributed by atoms with E-state index in [4.69, 9.17) is 0 Å². The molecule has 2 aromatic rings. The van der Waals surface area contributed by atoms with Crippen molar-refractivity contribution >= 4 is 0 Å². The Labute approximate surface area is 156 Å². The Balaban J connectivity index is 2.68. The minimum atomic E-state index is 0.296. The Morgan fingerprint density at radius 1 is 0.538 bits per heavy atom. The van der Waals surface area contributed by atoms with Crippen LogP contribution in [0.1, 0.15) is 22.3 Å². The van der Waals surface area contributed by atoms with Crippen molar-refractivity contribution < 1.29 is 10.2 Å². The summed E-state index contributed by atoms with van der Waals surface area (Å²) in [6.45, 7) is 15.1. The summed E-state index contributed by atoms with van der Waals surface area (Å²) in [6, 6.07) is 7.91. The lowest BCUT2D eigenvalue weighted by molar-refractivity contribution is 0.463. The maximum atomic E-state index is 10.5. The quantitative estimate of drug-likeness (QED) is 0.574. The topological polar surface area (TPSA) is 40.5 Å². The van der Waals surface area contributed by atoms with E-state index in [1.165, 1.54) is 0 Å². The van der Waals surface area contributed by atoms with Crippen molar-refractivity contribution in [3.63, 3.8) is 0 Å². The molecule has 0 spiro atoms. The number of allylic oxidation sites excluding steroid dienone is 4. The van der Waals surface area contributed by atoms with E-state index in [0.717, 1.165) is 33.4 Å². The van der Waals surface area contributed by atoms with Crippen molar-refractivity contribution in [2.75, 3.05) is 0 Å². The van der Waals surface area contributed by atoms with Crippen LogP contribution in [0, 0.1) is 0 Å². The Morgan fingerprint density at radius 3 is 0.962 bits per heavy atom. The molecule has 0 aromatic heterocycles. The molecular formula is C24H26O2. The van der Waals surface area contributed by atoms with E-state index in [2.05, 4.69) is 26.3 Å². The summed E-state index contributed by atoms with van der Waals surface area (Å²) in [5, 5.41) is 21.0. The van der Waals surface area contributed by atoms with Crippen LogP contribution in [-0.2, 0) is 25.7 Å². The van der Waals surface area contributed by atoms with Crippen molar-refractivity contribution in [2.45, 2.75) is 25.7 Å². The van der Waals surface area contributed by atoms with E-state index in [1.807, 2.05) is 24.3 Å². The molecule has 2 heteroatoms. The molecule has 0 aliphatic carbocycles. The van der Waals surface area contributed by atoms with Gasteiger partial charge >= 0.3 is 0 Å². The van der Waals surface area contributed by atoms with Crippen molar-refractivity contribution in [1.29, 1.82) is 0 Å². The molecule has 0 fully saturated rings. The van der Waals surface area contributed by atoms with Gasteiger partial charge in [0, 0.05) is 0 Å². The smallest absolute Gasteiger partial charge is 0.122 e. The number of phenols is 2. The predicted molar refractivity (Wildman–Crippen MR) is 111 cm³/mol. The Hall–Kier alpha value is -3.00. The average Bonchev–Trinajstić information content (AvgIpc) is 2.62. The molecule has 2 rings (SSSR count). The van der Waals surface area contributed by atoms with Crippen LogP contribution < -0.4 is 0 Å². The molecule has 134 valence electrons. The van der Waals surface area contributed by atoms with Gasteiger partial charge in [0.25, 0.3) is 0 Å². The number of hydrogen-bond donors (Lipinski definition) is 2. The molecule has 2 N–H and O–H groups in total. The lowest BCUT2D eigenvalue weighted by Gasteiger charge is -2.15. The van der Waals surface area contributed by atoms with Crippen LogP contribution in [0.15, 0.2) is 74.9 Å². The summed E-state index contributed by atoms with van der Waals surface area (Å²) < 4.78 is 0. The second kappa shape index (κ2) is 8.91. The SMILES string of the molecule is C=CCc1cc(-c2cc(CC=C)c(O)c(CC=C)c2)cc(CC=C)c1O. The summed E-state index contributed by atoms with van der Waals surface area (Å²) >= 11 is 0. The van der Waals surface area contributed by atoms with E-state index in [1.54, 1.807) is 24.3 Å². The molecule has 0 saturated heterocycles. The molecule has 0 bridgehead atoms. The molecule has 0 amide bonds. The highest BCUT2D eigenvalue weighted by molar-refractivity contribution is 5.71. The fourth-order valence-corrected chi connectivity index (χ4v) is 3.10. The van der Waals surface area contributed by atoms with Gasteiger partial charge < -0.3 is 10.2 Å². The van der Waals surface area contributed by atoms with Gasteiger partial charge in [-0.2, -0.15) is 0 Å². The van der Waals surface area contributed by atoms with Gasteiger partial charge in [-0.05, 0) is 83.3 Å². The van der Waals surface area contributed by atoms with Gasteiger partial charge in [0.1, 0.15) is 11.5 Å². The first-order valence-electron chi connectivity index (χ1n) is 8.69. The second-order valence-electron chi connectivity index (χ2n) is 6.26. The van der Waals surface area contributed by atoms with Crippen LogP contribution in [0.4, 0.5) is 0 Å². The van der Waals surface area contributed by atoms with Crippen molar-refractivity contribution in [1.82, 2.24) is 0 Å². The average molecular weight is 346 g/mol. The number of rotatable bonds is 9. The molecule has 26 heavy (non-hydrogen) atoms. The number of benzene rings is 2. The van der Waals surface area contributed by atoms with E-state index in [0.29, 0.717) is 37.2 Å². The van der Waals surface area contributed by atoms with Gasteiger partial charge in [0.15, 0.2) is 0 Å². The van der Waals surface area contributed by atoms with Crippen LogP contribution in [0.2, 0.25) is 0 Å². The molecule has 0 atom stereocenters. The monoisotopic (exact) mass is 346 g/mol. The summed E-state index contributed by atoms with van der Waals surface area (Å²) in [5.41, 5.74) is 5.31. The molecule has 2 nitrogen and oxygen atoms in total. The minimum absolute atomic E-state index is 0.296. The summed E-state index contributed by atoms with van der Waals surface area (Å²) in [7, 11) is 0. The van der Waals surface area contributed by atoms with Crippen molar-refractivity contribution in [3.8, 4) is 22.6 Å². The zero-order valence-electron chi connectivity index (χ0n) is 15.2. The molecular weight excluding hydrogens is 320 g/mol. The highest BCUT2D eigenvalue weighted by Gasteiger charge is 2.13. The molecule has 0 unspecified atom stereocenters. The lowest BCUT2D eigenvalue weighted by atomic mass is 9.92. The molecule has 0 aliphatic rings. The van der Waals surface area contributed by atoms with E-state index in [-0.39, 0.29) is 0 Å². The van der Waals surface area contributed by atoms with Gasteiger partial charge in [0.05, 0.1) is 0 Å². The van der Waals surface area contributed by atoms with E-state index in [9.17, 15) is 10.2 Å². The standard InChI is InChI=1S/C24H26O2/c1-5-9-17-13-21(14-18(10-6-2)23(17)25)22-15-19(11-7-3)24(26)20(16-22)12-8-4/h5-8,13-16,25-26H,1-4,9-12H2. The van der Waals surface area contributed by atoms with E-state index < -0.39 is 0 Å². The van der Waals surface area contributed by atoms with Crippen LogP contribution in [0.3, 0.4) is 0 Å². The fraction of sp³-hybridized carbons (Fsp3) is 0.167. The third-order valence-electron chi connectivity index (χ3n) is 4.33. The minimum Gasteiger partial charge on any atom is -0.507 e. The highest BCUT2D eigenvalue weighted by atomic mass is 16.3. The van der Waals surface area contributed by atoms with Crippen LogP contribution >= 0.6 is 0 Å². The van der Waals surface area contributed by atoms with Gasteiger partial charge in [-0.15, -0.1) is 26.3 Å². The Kier molecular flexibility index (Phi) is 6.62. The maximum Gasteiger partial charge on any atom is 0.122 e. The van der Waals surface area contributed by atoms with Gasteiger partial charge in [0.2, 0.25) is 0 Å². The zero-order valence-corrected chi connectivity index (χ0v) is 15.2. The lowest BCUT2D eigenvalue weighted by Crippen LogP contribution is -1.95.